The van der Waals surface area contributed by atoms with E-state index in [9.17, 15) is 4.39 Å². The molecule has 0 N–H and O–H groups in total. The first-order valence-corrected chi connectivity index (χ1v) is 5.04. The van der Waals surface area contributed by atoms with Crippen molar-refractivity contribution in [1.82, 2.24) is 0 Å². The summed E-state index contributed by atoms with van der Waals surface area (Å²) in [6.45, 7) is 2.00. The average Bonchev–Trinajstić information content (AvgIpc) is 2.28. The maximum absolute atomic E-state index is 13.3. The van der Waals surface area contributed by atoms with Gasteiger partial charge in [0.1, 0.15) is 5.82 Å². The van der Waals surface area contributed by atoms with Crippen molar-refractivity contribution in [3.05, 3.63) is 59.4 Å². The van der Waals surface area contributed by atoms with Crippen molar-refractivity contribution in [2.75, 3.05) is 0 Å². The standard InChI is InChI=1S/C15H11F/c1-3-12-8-13(10-14(16)9-12)15-7-5-4-6-11(15)2/h1,4-10H,2H3. The Labute approximate surface area is 94.7 Å². The van der Waals surface area contributed by atoms with Gasteiger partial charge in [0.2, 0.25) is 0 Å². The van der Waals surface area contributed by atoms with Crippen LogP contribution in [-0.2, 0) is 0 Å². The number of rotatable bonds is 1. The van der Waals surface area contributed by atoms with E-state index in [-0.39, 0.29) is 5.82 Å². The fraction of sp³-hybridized carbons (Fsp3) is 0.0667. The molecule has 16 heavy (non-hydrogen) atoms. The molecule has 2 aromatic carbocycles. The van der Waals surface area contributed by atoms with Gasteiger partial charge in [-0.15, -0.1) is 6.42 Å². The van der Waals surface area contributed by atoms with Crippen LogP contribution >= 0.6 is 0 Å². The first-order chi connectivity index (χ1) is 7.70. The summed E-state index contributed by atoms with van der Waals surface area (Å²) < 4.78 is 13.3. The monoisotopic (exact) mass is 210 g/mol. The zero-order valence-corrected chi connectivity index (χ0v) is 9.00. The molecule has 2 aromatic rings. The lowest BCUT2D eigenvalue weighted by molar-refractivity contribution is 0.628. The second-order valence-corrected chi connectivity index (χ2v) is 3.69. The fourth-order valence-electron chi connectivity index (χ4n) is 1.73. The number of hydrogen-bond acceptors (Lipinski definition) is 0. The average molecular weight is 210 g/mol. The van der Waals surface area contributed by atoms with Crippen molar-refractivity contribution in [2.24, 2.45) is 0 Å². The molecule has 0 aromatic heterocycles. The van der Waals surface area contributed by atoms with Gasteiger partial charge in [-0.25, -0.2) is 4.39 Å². The van der Waals surface area contributed by atoms with Gasteiger partial charge in [0.25, 0.3) is 0 Å². The Hall–Kier alpha value is -2.07. The molecule has 1 heteroatoms. The van der Waals surface area contributed by atoms with Gasteiger partial charge in [-0.3, -0.25) is 0 Å². The van der Waals surface area contributed by atoms with Crippen molar-refractivity contribution < 1.29 is 4.39 Å². The second-order valence-electron chi connectivity index (χ2n) is 3.69. The molecular weight excluding hydrogens is 199 g/mol. The van der Waals surface area contributed by atoms with E-state index in [4.69, 9.17) is 6.42 Å². The zero-order chi connectivity index (χ0) is 11.5. The van der Waals surface area contributed by atoms with Crippen LogP contribution in [0.4, 0.5) is 4.39 Å². The van der Waals surface area contributed by atoms with Crippen LogP contribution < -0.4 is 0 Å². The Bertz CT molecular complexity index is 562. The summed E-state index contributed by atoms with van der Waals surface area (Å²) in [5.41, 5.74) is 3.51. The molecule has 0 unspecified atom stereocenters. The fourth-order valence-corrected chi connectivity index (χ4v) is 1.73. The van der Waals surface area contributed by atoms with Crippen molar-refractivity contribution in [3.63, 3.8) is 0 Å². The topological polar surface area (TPSA) is 0 Å². The van der Waals surface area contributed by atoms with Gasteiger partial charge in [0.15, 0.2) is 0 Å². The van der Waals surface area contributed by atoms with E-state index in [0.717, 1.165) is 16.7 Å². The normalized spacial score (nSPS) is 9.81. The van der Waals surface area contributed by atoms with Crippen molar-refractivity contribution in [1.29, 1.82) is 0 Å². The van der Waals surface area contributed by atoms with Crippen LogP contribution in [0, 0.1) is 25.1 Å². The van der Waals surface area contributed by atoms with Crippen molar-refractivity contribution in [3.8, 4) is 23.5 Å². The van der Waals surface area contributed by atoms with Crippen molar-refractivity contribution >= 4 is 0 Å². The highest BCUT2D eigenvalue weighted by Crippen LogP contribution is 2.24. The van der Waals surface area contributed by atoms with Crippen LogP contribution in [-0.4, -0.2) is 0 Å². The van der Waals surface area contributed by atoms with E-state index in [2.05, 4.69) is 5.92 Å². The van der Waals surface area contributed by atoms with E-state index in [1.165, 1.54) is 12.1 Å². The first-order valence-electron chi connectivity index (χ1n) is 5.04. The van der Waals surface area contributed by atoms with Gasteiger partial charge >= 0.3 is 0 Å². The zero-order valence-electron chi connectivity index (χ0n) is 9.00. The first kappa shape index (κ1) is 10.4. The lowest BCUT2D eigenvalue weighted by atomic mass is 9.99. The Morgan fingerprint density at radius 1 is 1.12 bits per heavy atom. The third-order valence-electron chi connectivity index (χ3n) is 2.52. The largest absolute Gasteiger partial charge is 0.207 e. The Morgan fingerprint density at radius 3 is 2.56 bits per heavy atom. The Morgan fingerprint density at radius 2 is 1.88 bits per heavy atom. The summed E-state index contributed by atoms with van der Waals surface area (Å²) in [7, 11) is 0. The highest BCUT2D eigenvalue weighted by Gasteiger charge is 2.04. The minimum atomic E-state index is -0.297. The van der Waals surface area contributed by atoms with E-state index in [1.54, 1.807) is 0 Å². The minimum Gasteiger partial charge on any atom is -0.207 e. The number of halogens is 1. The minimum absolute atomic E-state index is 0.297. The second kappa shape index (κ2) is 4.20. The van der Waals surface area contributed by atoms with E-state index < -0.39 is 0 Å². The van der Waals surface area contributed by atoms with Crippen LogP contribution in [0.1, 0.15) is 11.1 Å². The molecule has 0 amide bonds. The lowest BCUT2D eigenvalue weighted by Gasteiger charge is -2.06. The van der Waals surface area contributed by atoms with Crippen LogP contribution in [0.2, 0.25) is 0 Å². The summed E-state index contributed by atoms with van der Waals surface area (Å²) in [5.74, 6) is 2.16. The van der Waals surface area contributed by atoms with Crippen LogP contribution in [0.15, 0.2) is 42.5 Å². The lowest BCUT2D eigenvalue weighted by Crippen LogP contribution is -1.86. The summed E-state index contributed by atoms with van der Waals surface area (Å²) in [4.78, 5) is 0. The molecule has 0 aliphatic carbocycles. The summed E-state index contributed by atoms with van der Waals surface area (Å²) in [6.07, 6.45) is 5.29. The van der Waals surface area contributed by atoms with Crippen LogP contribution in [0.3, 0.4) is 0 Å². The molecule has 0 nitrogen and oxygen atoms in total. The molecule has 0 aliphatic rings. The molecule has 78 valence electrons. The van der Waals surface area contributed by atoms with Gasteiger partial charge < -0.3 is 0 Å². The van der Waals surface area contributed by atoms with Gasteiger partial charge in [0, 0.05) is 5.56 Å². The van der Waals surface area contributed by atoms with Gasteiger partial charge in [-0.05, 0) is 41.8 Å². The molecular formula is C15H11F. The maximum atomic E-state index is 13.3. The predicted molar refractivity (Wildman–Crippen MR) is 64.5 cm³/mol. The smallest absolute Gasteiger partial charge is 0.125 e. The molecule has 0 saturated heterocycles. The predicted octanol–water partition coefficient (Wildman–Crippen LogP) is 3.78. The van der Waals surface area contributed by atoms with E-state index >= 15 is 0 Å². The van der Waals surface area contributed by atoms with Gasteiger partial charge in [-0.1, -0.05) is 30.2 Å². The third kappa shape index (κ3) is 1.97. The molecule has 2 rings (SSSR count). The summed E-state index contributed by atoms with van der Waals surface area (Å²) >= 11 is 0. The molecule has 0 fully saturated rings. The molecule has 0 radical (unpaired) electrons. The van der Waals surface area contributed by atoms with E-state index in [1.807, 2.05) is 37.3 Å². The van der Waals surface area contributed by atoms with Crippen molar-refractivity contribution in [2.45, 2.75) is 6.92 Å². The maximum Gasteiger partial charge on any atom is 0.125 e. The molecule has 0 atom stereocenters. The van der Waals surface area contributed by atoms with Gasteiger partial charge in [-0.2, -0.15) is 0 Å². The summed E-state index contributed by atoms with van der Waals surface area (Å²) in [6, 6.07) is 12.5. The molecule has 0 aliphatic heterocycles. The quantitative estimate of drug-likeness (QED) is 0.628. The SMILES string of the molecule is C#Cc1cc(F)cc(-c2ccccc2C)c1. The van der Waals surface area contributed by atoms with Gasteiger partial charge in [0.05, 0.1) is 0 Å². The highest BCUT2D eigenvalue weighted by molar-refractivity contribution is 5.68. The van der Waals surface area contributed by atoms with E-state index in [0.29, 0.717) is 5.56 Å². The molecule has 0 heterocycles. The number of benzene rings is 2. The molecule has 0 saturated carbocycles. The number of hydrogen-bond donors (Lipinski definition) is 0. The molecule has 0 bridgehead atoms. The third-order valence-corrected chi connectivity index (χ3v) is 2.52. The Balaban J connectivity index is 2.61. The number of terminal acetylenes is 1. The van der Waals surface area contributed by atoms with Crippen LogP contribution in [0.25, 0.3) is 11.1 Å². The summed E-state index contributed by atoms with van der Waals surface area (Å²) in [5, 5.41) is 0. The molecule has 0 spiro atoms. The number of aryl methyl sites for hydroxylation is 1. The highest BCUT2D eigenvalue weighted by atomic mass is 19.1. The Kier molecular flexibility index (Phi) is 2.74. The van der Waals surface area contributed by atoms with Crippen LogP contribution in [0.5, 0.6) is 0 Å².